The minimum absolute atomic E-state index is 0.216. The third-order valence-corrected chi connectivity index (χ3v) is 14.7. The van der Waals surface area contributed by atoms with Crippen LogP contribution in [0.3, 0.4) is 0 Å². The Bertz CT molecular complexity index is 3630. The van der Waals surface area contributed by atoms with Gasteiger partial charge in [-0.25, -0.2) is 0 Å². The molecule has 9 aromatic rings. The van der Waals surface area contributed by atoms with E-state index in [4.69, 9.17) is 0 Å². The van der Waals surface area contributed by atoms with Crippen LogP contribution in [-0.2, 0) is 5.41 Å². The number of fused-ring (bicyclic) bond motifs is 6. The van der Waals surface area contributed by atoms with Gasteiger partial charge in [0.05, 0.1) is 16.5 Å². The van der Waals surface area contributed by atoms with Crippen LogP contribution in [0.1, 0.15) is 66.6 Å². The van der Waals surface area contributed by atoms with Crippen molar-refractivity contribution < 1.29 is 0 Å². The number of H-pyrrole nitrogens is 1. The first-order valence-electron chi connectivity index (χ1n) is 24.4. The van der Waals surface area contributed by atoms with Crippen LogP contribution in [0.5, 0.6) is 0 Å². The molecule has 1 atom stereocenters. The van der Waals surface area contributed by atoms with E-state index < -0.39 is 5.41 Å². The molecule has 69 heavy (non-hydrogen) atoms. The lowest BCUT2D eigenvalue weighted by atomic mass is 9.67. The van der Waals surface area contributed by atoms with Gasteiger partial charge in [-0.05, 0) is 160 Å². The molecule has 332 valence electrons. The average Bonchev–Trinajstić information content (AvgIpc) is 3.94. The van der Waals surface area contributed by atoms with Gasteiger partial charge in [0.2, 0.25) is 0 Å². The number of rotatable bonds is 10. The number of pyridine rings is 1. The molecule has 3 aliphatic rings. The number of nitrogens with zero attached hydrogens (tertiary/aromatic N) is 1. The molecule has 0 bridgehead atoms. The zero-order valence-corrected chi connectivity index (χ0v) is 39.1. The molecule has 0 saturated carbocycles. The Balaban J connectivity index is 1.08. The maximum Gasteiger partial charge on any atom is 0.0714 e. The van der Waals surface area contributed by atoms with E-state index in [9.17, 15) is 0 Å². The SMILES string of the molecule is C/C=C\C(=C/C)C1C=c2c([nH]c3ccc(-c4ccccc4)cc23)=C(c2cccc(-c3cc(NC4=CC=C(c5ccccn5)CC4)cc4c3-c3ccccc3C4(c3ccccc3)c3ccccc3)c2)C1. The van der Waals surface area contributed by atoms with Crippen LogP contribution in [0.25, 0.3) is 61.5 Å². The highest BCUT2D eigenvalue weighted by Gasteiger charge is 2.47. The van der Waals surface area contributed by atoms with Crippen molar-refractivity contribution >= 4 is 33.8 Å². The molecule has 12 rings (SSSR count). The first-order valence-corrected chi connectivity index (χ1v) is 24.4. The number of benzene rings is 7. The summed E-state index contributed by atoms with van der Waals surface area (Å²) in [5, 5.41) is 7.73. The number of allylic oxidation sites excluding steroid dienone is 8. The van der Waals surface area contributed by atoms with Crippen LogP contribution in [-0.4, -0.2) is 9.97 Å². The van der Waals surface area contributed by atoms with E-state index in [0.717, 1.165) is 36.2 Å². The van der Waals surface area contributed by atoms with Crippen molar-refractivity contribution in [2.24, 2.45) is 5.92 Å². The summed E-state index contributed by atoms with van der Waals surface area (Å²) in [7, 11) is 0. The molecule has 0 radical (unpaired) electrons. The number of aromatic amines is 1. The predicted octanol–water partition coefficient (Wildman–Crippen LogP) is 15.0. The van der Waals surface area contributed by atoms with E-state index in [-0.39, 0.29) is 5.92 Å². The fourth-order valence-electron chi connectivity index (χ4n) is 11.6. The minimum atomic E-state index is -0.555. The van der Waals surface area contributed by atoms with Crippen LogP contribution < -0.4 is 15.9 Å². The van der Waals surface area contributed by atoms with Crippen molar-refractivity contribution in [1.82, 2.24) is 9.97 Å². The Hall–Kier alpha value is -8.27. The van der Waals surface area contributed by atoms with Crippen LogP contribution in [0.2, 0.25) is 0 Å². The van der Waals surface area contributed by atoms with E-state index >= 15 is 0 Å². The predicted molar refractivity (Wildman–Crippen MR) is 289 cm³/mol. The van der Waals surface area contributed by atoms with Gasteiger partial charge in [-0.1, -0.05) is 176 Å². The molecule has 2 N–H and O–H groups in total. The first-order chi connectivity index (χ1) is 34.1. The minimum Gasteiger partial charge on any atom is -0.359 e. The average molecular weight is 888 g/mol. The molecular formula is C66H53N3. The number of anilines is 1. The smallest absolute Gasteiger partial charge is 0.0714 e. The molecule has 0 fully saturated rings. The highest BCUT2D eigenvalue weighted by atomic mass is 14.9. The Morgan fingerprint density at radius 1 is 0.623 bits per heavy atom. The molecule has 0 amide bonds. The zero-order valence-electron chi connectivity index (χ0n) is 39.1. The third kappa shape index (κ3) is 7.34. The summed E-state index contributed by atoms with van der Waals surface area (Å²) < 4.78 is 0. The van der Waals surface area contributed by atoms with Gasteiger partial charge in [0.15, 0.2) is 0 Å². The van der Waals surface area contributed by atoms with Crippen LogP contribution in [0, 0.1) is 5.92 Å². The Labute approximate surface area is 405 Å². The quantitative estimate of drug-likeness (QED) is 0.134. The van der Waals surface area contributed by atoms with Crippen LogP contribution >= 0.6 is 0 Å². The van der Waals surface area contributed by atoms with Crippen LogP contribution in [0.15, 0.2) is 236 Å². The van der Waals surface area contributed by atoms with Crippen molar-refractivity contribution in [1.29, 1.82) is 0 Å². The molecule has 3 aliphatic carbocycles. The third-order valence-electron chi connectivity index (χ3n) is 14.7. The first kappa shape index (κ1) is 42.1. The fourth-order valence-corrected chi connectivity index (χ4v) is 11.6. The van der Waals surface area contributed by atoms with Crippen molar-refractivity contribution in [3.05, 3.63) is 280 Å². The van der Waals surface area contributed by atoms with E-state index in [1.807, 2.05) is 12.3 Å². The van der Waals surface area contributed by atoms with Crippen molar-refractivity contribution in [3.63, 3.8) is 0 Å². The Morgan fingerprint density at radius 3 is 2.07 bits per heavy atom. The van der Waals surface area contributed by atoms with Gasteiger partial charge in [-0.2, -0.15) is 0 Å². The van der Waals surface area contributed by atoms with Gasteiger partial charge in [0.25, 0.3) is 0 Å². The van der Waals surface area contributed by atoms with Gasteiger partial charge < -0.3 is 10.3 Å². The molecule has 1 unspecified atom stereocenters. The van der Waals surface area contributed by atoms with Gasteiger partial charge in [0.1, 0.15) is 0 Å². The van der Waals surface area contributed by atoms with Crippen LogP contribution in [0.4, 0.5) is 5.69 Å². The van der Waals surface area contributed by atoms with Crippen molar-refractivity contribution in [2.75, 3.05) is 5.32 Å². The second-order valence-electron chi connectivity index (χ2n) is 18.6. The lowest BCUT2D eigenvalue weighted by Crippen LogP contribution is -2.32. The number of hydrogen-bond donors (Lipinski definition) is 2. The largest absolute Gasteiger partial charge is 0.359 e. The number of nitrogens with one attached hydrogen (secondary N) is 2. The molecule has 0 saturated heterocycles. The van der Waals surface area contributed by atoms with E-state index in [1.54, 1.807) is 0 Å². The molecule has 3 nitrogen and oxygen atoms in total. The lowest BCUT2D eigenvalue weighted by Gasteiger charge is -2.34. The van der Waals surface area contributed by atoms with Gasteiger partial charge in [-0.15, -0.1) is 0 Å². The van der Waals surface area contributed by atoms with E-state index in [1.165, 1.54) is 99.6 Å². The van der Waals surface area contributed by atoms with E-state index in [2.05, 4.69) is 248 Å². The standard InChI is InChI=1S/C66H53N3/c1-3-19-44(4-2)50-40-57(65-59(41-50)58-39-47(33-36-63(58)69-65)45-20-8-5-9-21-45)49-23-18-22-48(38-49)56-42-54(68-53-34-31-46(32-35-53)62-30-16-17-37-67-62)43-61-64(56)55-28-14-15-29-60(55)66(61,51-24-10-6-11-25-51)52-26-12-7-13-27-52/h3-31,33-34,36-39,41-43,50,68-69H,32,35,40H2,1-2H3/b19-3-,44-4+. The van der Waals surface area contributed by atoms with Crippen molar-refractivity contribution in [2.45, 2.75) is 38.5 Å². The second-order valence-corrected chi connectivity index (χ2v) is 18.6. The van der Waals surface area contributed by atoms with E-state index in [0.29, 0.717) is 0 Å². The Kier molecular flexibility index (Phi) is 10.8. The summed E-state index contributed by atoms with van der Waals surface area (Å²) in [6, 6.07) is 69.4. The molecule has 0 spiro atoms. The maximum absolute atomic E-state index is 4.66. The molecule has 7 aromatic carbocycles. The topological polar surface area (TPSA) is 40.7 Å². The molecule has 2 aromatic heterocycles. The zero-order chi connectivity index (χ0) is 46.3. The summed E-state index contributed by atoms with van der Waals surface area (Å²) in [4.78, 5) is 8.62. The molecule has 2 heterocycles. The van der Waals surface area contributed by atoms with Gasteiger partial charge in [0, 0.05) is 39.6 Å². The number of hydrogen-bond acceptors (Lipinski definition) is 2. The highest BCUT2D eigenvalue weighted by Crippen LogP contribution is 2.59. The molecule has 3 heteroatoms. The monoisotopic (exact) mass is 887 g/mol. The van der Waals surface area contributed by atoms with Gasteiger partial charge >= 0.3 is 0 Å². The Morgan fingerprint density at radius 2 is 1.35 bits per heavy atom. The summed E-state index contributed by atoms with van der Waals surface area (Å²) in [5.41, 5.74) is 21.5. The number of aromatic nitrogens is 2. The lowest BCUT2D eigenvalue weighted by molar-refractivity contribution is 0.769. The normalized spacial score (nSPS) is 16.1. The summed E-state index contributed by atoms with van der Waals surface area (Å²) in [6.45, 7) is 4.29. The summed E-state index contributed by atoms with van der Waals surface area (Å²) in [6.07, 6.45) is 18.3. The summed E-state index contributed by atoms with van der Waals surface area (Å²) >= 11 is 0. The van der Waals surface area contributed by atoms with Crippen molar-refractivity contribution in [3.8, 4) is 33.4 Å². The maximum atomic E-state index is 4.66. The highest BCUT2D eigenvalue weighted by molar-refractivity contribution is 5.98. The second kappa shape index (κ2) is 17.8. The van der Waals surface area contributed by atoms with Gasteiger partial charge in [-0.3, -0.25) is 4.98 Å². The summed E-state index contributed by atoms with van der Waals surface area (Å²) in [5.74, 6) is 0.216. The molecular weight excluding hydrogens is 835 g/mol. The molecule has 0 aliphatic heterocycles. The fraction of sp³-hybridized carbons (Fsp3) is 0.106.